The third-order valence-electron chi connectivity index (χ3n) is 4.22. The summed E-state index contributed by atoms with van der Waals surface area (Å²) in [6.07, 6.45) is 2.61. The highest BCUT2D eigenvalue weighted by Gasteiger charge is 2.21. The lowest BCUT2D eigenvalue weighted by Gasteiger charge is -2.22. The van der Waals surface area contributed by atoms with Gasteiger partial charge in [0, 0.05) is 40.7 Å². The van der Waals surface area contributed by atoms with Crippen LogP contribution >= 0.6 is 24.0 Å². The van der Waals surface area contributed by atoms with E-state index in [0.717, 1.165) is 30.6 Å². The Morgan fingerprint density at radius 2 is 2.11 bits per heavy atom. The molecule has 0 atom stereocenters. The SMILES string of the molecule is CN=C(NCc1ccc(OC)c(NC(C)=O)c1)N(C)CCOCC1CC1.I. The van der Waals surface area contributed by atoms with Crippen LogP contribution in [-0.4, -0.2) is 57.7 Å². The topological polar surface area (TPSA) is 75.2 Å². The molecule has 0 aliphatic heterocycles. The Morgan fingerprint density at radius 1 is 1.37 bits per heavy atom. The van der Waals surface area contributed by atoms with E-state index in [0.29, 0.717) is 24.6 Å². The van der Waals surface area contributed by atoms with Gasteiger partial charge in [-0.2, -0.15) is 0 Å². The lowest BCUT2D eigenvalue weighted by atomic mass is 10.2. The van der Waals surface area contributed by atoms with Crippen LogP contribution in [0.5, 0.6) is 5.75 Å². The third-order valence-corrected chi connectivity index (χ3v) is 4.22. The maximum absolute atomic E-state index is 11.3. The Morgan fingerprint density at radius 3 is 2.70 bits per heavy atom. The van der Waals surface area contributed by atoms with Crippen molar-refractivity contribution in [2.45, 2.75) is 26.3 Å². The van der Waals surface area contributed by atoms with Gasteiger partial charge in [-0.05, 0) is 36.5 Å². The van der Waals surface area contributed by atoms with E-state index in [1.807, 2.05) is 30.1 Å². The van der Waals surface area contributed by atoms with E-state index in [1.165, 1.54) is 19.8 Å². The van der Waals surface area contributed by atoms with Gasteiger partial charge in [0.15, 0.2) is 5.96 Å². The van der Waals surface area contributed by atoms with Gasteiger partial charge >= 0.3 is 0 Å². The summed E-state index contributed by atoms with van der Waals surface area (Å²) in [4.78, 5) is 17.7. The molecule has 1 saturated carbocycles. The number of rotatable bonds is 9. The van der Waals surface area contributed by atoms with Crippen molar-refractivity contribution in [3.05, 3.63) is 23.8 Å². The highest BCUT2D eigenvalue weighted by atomic mass is 127. The van der Waals surface area contributed by atoms with E-state index < -0.39 is 0 Å². The molecule has 0 saturated heterocycles. The van der Waals surface area contributed by atoms with Crippen LogP contribution in [0.3, 0.4) is 0 Å². The number of hydrogen-bond donors (Lipinski definition) is 2. The fourth-order valence-electron chi connectivity index (χ4n) is 2.56. The van der Waals surface area contributed by atoms with Crippen LogP contribution < -0.4 is 15.4 Å². The number of halogens is 1. The molecule has 2 N–H and O–H groups in total. The summed E-state index contributed by atoms with van der Waals surface area (Å²) in [7, 11) is 5.34. The average molecular weight is 490 g/mol. The first-order chi connectivity index (χ1) is 12.5. The summed E-state index contributed by atoms with van der Waals surface area (Å²) < 4.78 is 11.0. The van der Waals surface area contributed by atoms with Gasteiger partial charge in [0.25, 0.3) is 0 Å². The molecule has 1 aliphatic carbocycles. The summed E-state index contributed by atoms with van der Waals surface area (Å²) in [5.74, 6) is 2.09. The molecule has 7 nitrogen and oxygen atoms in total. The lowest BCUT2D eigenvalue weighted by Crippen LogP contribution is -2.40. The van der Waals surface area contributed by atoms with Crippen molar-refractivity contribution in [1.29, 1.82) is 0 Å². The largest absolute Gasteiger partial charge is 0.495 e. The van der Waals surface area contributed by atoms with E-state index in [2.05, 4.69) is 15.6 Å². The van der Waals surface area contributed by atoms with Crippen LogP contribution in [0.2, 0.25) is 0 Å². The Labute approximate surface area is 178 Å². The van der Waals surface area contributed by atoms with Crippen molar-refractivity contribution < 1.29 is 14.3 Å². The number of amides is 1. The monoisotopic (exact) mass is 490 g/mol. The number of carbonyl (C=O) groups excluding carboxylic acids is 1. The maximum Gasteiger partial charge on any atom is 0.221 e. The molecule has 1 aromatic carbocycles. The van der Waals surface area contributed by atoms with Crippen LogP contribution in [0.15, 0.2) is 23.2 Å². The molecule has 0 heterocycles. The fraction of sp³-hybridized carbons (Fsp3) is 0.579. The molecule has 1 fully saturated rings. The van der Waals surface area contributed by atoms with Crippen molar-refractivity contribution in [3.63, 3.8) is 0 Å². The molecule has 1 amide bonds. The average Bonchev–Trinajstić information content (AvgIpc) is 3.43. The molecule has 0 radical (unpaired) electrons. The summed E-state index contributed by atoms with van der Waals surface area (Å²) >= 11 is 0. The van der Waals surface area contributed by atoms with Crippen molar-refractivity contribution in [3.8, 4) is 5.75 Å². The Kier molecular flexibility index (Phi) is 10.5. The highest BCUT2D eigenvalue weighted by Crippen LogP contribution is 2.28. The zero-order valence-electron chi connectivity index (χ0n) is 16.6. The van der Waals surface area contributed by atoms with Gasteiger partial charge in [0.05, 0.1) is 19.4 Å². The Balaban J connectivity index is 0.00000364. The number of anilines is 1. The summed E-state index contributed by atoms with van der Waals surface area (Å²) in [6, 6.07) is 5.71. The minimum Gasteiger partial charge on any atom is -0.495 e. The first kappa shape index (κ1) is 23.5. The van der Waals surface area contributed by atoms with E-state index >= 15 is 0 Å². The van der Waals surface area contributed by atoms with Crippen LogP contribution in [0.1, 0.15) is 25.3 Å². The second-order valence-corrected chi connectivity index (χ2v) is 6.56. The molecule has 27 heavy (non-hydrogen) atoms. The van der Waals surface area contributed by atoms with Gasteiger partial charge in [-0.15, -0.1) is 24.0 Å². The molecule has 0 spiro atoms. The van der Waals surface area contributed by atoms with Crippen LogP contribution in [0.25, 0.3) is 0 Å². The Hall–Kier alpha value is -1.55. The number of likely N-dealkylation sites (N-methyl/N-ethyl adjacent to an activating group) is 1. The number of benzene rings is 1. The van der Waals surface area contributed by atoms with E-state index in [-0.39, 0.29) is 29.9 Å². The molecule has 8 heteroatoms. The predicted molar refractivity (Wildman–Crippen MR) is 119 cm³/mol. The maximum atomic E-state index is 11.3. The predicted octanol–water partition coefficient (Wildman–Crippen LogP) is 2.71. The number of ether oxygens (including phenoxy) is 2. The molecule has 0 aromatic heterocycles. The molecule has 1 aliphatic rings. The zero-order valence-corrected chi connectivity index (χ0v) is 18.9. The Bertz CT molecular complexity index is 635. The highest BCUT2D eigenvalue weighted by molar-refractivity contribution is 14.0. The van der Waals surface area contributed by atoms with E-state index in [4.69, 9.17) is 9.47 Å². The lowest BCUT2D eigenvalue weighted by molar-refractivity contribution is -0.114. The normalized spacial score (nSPS) is 13.6. The van der Waals surface area contributed by atoms with Crippen LogP contribution in [0, 0.1) is 5.92 Å². The van der Waals surface area contributed by atoms with E-state index in [1.54, 1.807) is 14.2 Å². The molecule has 0 bridgehead atoms. The number of carbonyl (C=O) groups is 1. The number of aliphatic imine (C=N–C) groups is 1. The van der Waals surface area contributed by atoms with Gasteiger partial charge in [-0.3, -0.25) is 9.79 Å². The number of nitrogens with zero attached hydrogens (tertiary/aromatic N) is 2. The van der Waals surface area contributed by atoms with Crippen LogP contribution in [-0.2, 0) is 16.1 Å². The second-order valence-electron chi connectivity index (χ2n) is 6.56. The van der Waals surface area contributed by atoms with Gasteiger partial charge < -0.3 is 25.0 Å². The van der Waals surface area contributed by atoms with Crippen molar-refractivity contribution in [1.82, 2.24) is 10.2 Å². The van der Waals surface area contributed by atoms with Gasteiger partial charge in [0.1, 0.15) is 5.75 Å². The van der Waals surface area contributed by atoms with Crippen LogP contribution in [0.4, 0.5) is 5.69 Å². The third kappa shape index (κ3) is 8.34. The molecular formula is C19H31IN4O3. The second kappa shape index (κ2) is 12.0. The van der Waals surface area contributed by atoms with Gasteiger partial charge in [-0.1, -0.05) is 6.07 Å². The molecule has 1 aromatic rings. The quantitative estimate of drug-likeness (QED) is 0.241. The number of hydrogen-bond acceptors (Lipinski definition) is 4. The minimum absolute atomic E-state index is 0. The summed E-state index contributed by atoms with van der Waals surface area (Å²) in [5.41, 5.74) is 1.69. The van der Waals surface area contributed by atoms with Gasteiger partial charge in [-0.25, -0.2) is 0 Å². The smallest absolute Gasteiger partial charge is 0.221 e. The zero-order chi connectivity index (χ0) is 18.9. The number of methoxy groups -OCH3 is 1. The molecule has 2 rings (SSSR count). The number of nitrogens with one attached hydrogen (secondary N) is 2. The minimum atomic E-state index is -0.129. The summed E-state index contributed by atoms with van der Waals surface area (Å²) in [6.45, 7) is 4.43. The standard InChI is InChI=1S/C19H30N4O3.HI/c1-14(24)22-17-11-16(7-8-18(17)25-4)12-21-19(20-2)23(3)9-10-26-13-15-5-6-15;/h7-8,11,15H,5-6,9-10,12-13H2,1-4H3,(H,20,21)(H,22,24);1H. The number of guanidine groups is 1. The molecule has 0 unspecified atom stereocenters. The van der Waals surface area contributed by atoms with E-state index in [9.17, 15) is 4.79 Å². The molecule has 152 valence electrons. The van der Waals surface area contributed by atoms with Crippen molar-refractivity contribution in [2.75, 3.05) is 46.3 Å². The summed E-state index contributed by atoms with van der Waals surface area (Å²) in [5, 5.41) is 6.12. The first-order valence-corrected chi connectivity index (χ1v) is 8.97. The van der Waals surface area contributed by atoms with Gasteiger partial charge in [0.2, 0.25) is 5.91 Å². The molecular weight excluding hydrogens is 459 g/mol. The van der Waals surface area contributed by atoms with Crippen molar-refractivity contribution >= 4 is 41.5 Å². The fourth-order valence-corrected chi connectivity index (χ4v) is 2.56. The van der Waals surface area contributed by atoms with Crippen molar-refractivity contribution in [2.24, 2.45) is 10.9 Å². The first-order valence-electron chi connectivity index (χ1n) is 8.97.